The normalized spacial score (nSPS) is 16.1. The summed E-state index contributed by atoms with van der Waals surface area (Å²) in [4.78, 5) is 20.8. The van der Waals surface area contributed by atoms with Crippen LogP contribution in [0.2, 0.25) is 0 Å². The third-order valence-electron chi connectivity index (χ3n) is 2.70. The Hall–Kier alpha value is -0.440. The number of benzene rings is 1. The van der Waals surface area contributed by atoms with Crippen molar-refractivity contribution >= 4 is 13.6 Å². The summed E-state index contributed by atoms with van der Waals surface area (Å²) in [5.41, 5.74) is -0.0171. The summed E-state index contributed by atoms with van der Waals surface area (Å²) < 4.78 is 17.0. The van der Waals surface area contributed by atoms with Gasteiger partial charge in [-0.25, -0.2) is 0 Å². The van der Waals surface area contributed by atoms with Crippen LogP contribution in [-0.2, 0) is 13.9 Å². The summed E-state index contributed by atoms with van der Waals surface area (Å²) in [5.74, 6) is -3.47. The predicted octanol–water partition coefficient (Wildman–Crippen LogP) is -3.68. The van der Waals surface area contributed by atoms with Crippen LogP contribution in [0.1, 0.15) is 18.3 Å². The summed E-state index contributed by atoms with van der Waals surface area (Å²) in [7, 11) is -4.33. The summed E-state index contributed by atoms with van der Waals surface area (Å²) in [5, 5.41) is 31.9. The Morgan fingerprint density at radius 1 is 1.45 bits per heavy atom. The number of hydrogen-bond donors (Lipinski definition) is 4. The Balaban J connectivity index is 0.00000441. The van der Waals surface area contributed by atoms with Crippen molar-refractivity contribution in [2.75, 3.05) is 13.2 Å². The van der Waals surface area contributed by atoms with Crippen LogP contribution in [0.4, 0.5) is 0 Å². The van der Waals surface area contributed by atoms with Gasteiger partial charge in [0.15, 0.2) is 0 Å². The molecule has 4 N–H and O–H groups in total. The maximum absolute atomic E-state index is 12.2. The first kappa shape index (κ1) is 21.6. The molecule has 118 valence electrons. The van der Waals surface area contributed by atoms with Crippen LogP contribution < -0.4 is 40.0 Å². The van der Waals surface area contributed by atoms with Crippen LogP contribution in [0.3, 0.4) is 0 Å². The van der Waals surface area contributed by atoms with Crippen molar-refractivity contribution in [1.29, 1.82) is 0 Å². The summed E-state index contributed by atoms with van der Waals surface area (Å²) >= 11 is 0. The van der Waals surface area contributed by atoms with Gasteiger partial charge < -0.3 is 29.5 Å². The standard InChI is InChI=1S/C12H18NO7P.Na/c1-2-20-21(18,19)11(13-9(7-14)12(16)17)8-5-3-4-6-10(8)15;/h3-6,9,11,13-15H,2,7H2,1H3,(H,16,17)(H,18,19);/q;+1/p-1/t9-,11?;/m0./s1. The number of para-hydroxylation sites is 1. The maximum atomic E-state index is 12.2. The number of aromatic hydroxyl groups is 1. The van der Waals surface area contributed by atoms with Crippen molar-refractivity contribution in [2.45, 2.75) is 18.7 Å². The van der Waals surface area contributed by atoms with Crippen molar-refractivity contribution < 1.29 is 63.7 Å². The van der Waals surface area contributed by atoms with E-state index in [0.29, 0.717) is 0 Å². The van der Waals surface area contributed by atoms with Crippen LogP contribution >= 0.6 is 7.60 Å². The average Bonchev–Trinajstić information content (AvgIpc) is 2.40. The monoisotopic (exact) mass is 341 g/mol. The van der Waals surface area contributed by atoms with Gasteiger partial charge in [0.25, 0.3) is 0 Å². The molecule has 1 aromatic carbocycles. The topological polar surface area (TPSA) is 139 Å². The second kappa shape index (κ2) is 9.64. The van der Waals surface area contributed by atoms with E-state index in [0.717, 1.165) is 0 Å². The molecular formula is C12H17NNaO7P. The molecule has 0 fully saturated rings. The fourth-order valence-electron chi connectivity index (χ4n) is 1.72. The first-order valence-corrected chi connectivity index (χ1v) is 7.80. The molecule has 22 heavy (non-hydrogen) atoms. The van der Waals surface area contributed by atoms with Gasteiger partial charge >= 0.3 is 37.2 Å². The quantitative estimate of drug-likeness (QED) is 0.280. The van der Waals surface area contributed by atoms with Crippen molar-refractivity contribution in [2.24, 2.45) is 0 Å². The van der Waals surface area contributed by atoms with E-state index in [1.807, 2.05) is 0 Å². The predicted molar refractivity (Wildman–Crippen MR) is 71.3 cm³/mol. The molecule has 0 amide bonds. The second-order valence-electron chi connectivity index (χ2n) is 4.16. The molecule has 0 aliphatic carbocycles. The number of carboxylic acids is 1. The van der Waals surface area contributed by atoms with Crippen molar-refractivity contribution in [1.82, 2.24) is 5.32 Å². The SMILES string of the molecule is CCOP(=O)(O)C(N[C@@H](CO)C(=O)[O-])c1ccccc1O.[Na+]. The minimum absolute atomic E-state index is 0. The molecule has 2 unspecified atom stereocenters. The molecule has 0 spiro atoms. The van der Waals surface area contributed by atoms with E-state index >= 15 is 0 Å². The van der Waals surface area contributed by atoms with Crippen molar-refractivity contribution in [3.05, 3.63) is 29.8 Å². The van der Waals surface area contributed by atoms with E-state index in [2.05, 4.69) is 5.32 Å². The molecule has 0 aromatic heterocycles. The number of nitrogens with one attached hydrogen (secondary N) is 1. The zero-order valence-corrected chi connectivity index (χ0v) is 15.2. The third kappa shape index (κ3) is 5.64. The molecule has 0 aliphatic rings. The van der Waals surface area contributed by atoms with E-state index < -0.39 is 32.0 Å². The molecule has 8 nitrogen and oxygen atoms in total. The van der Waals surface area contributed by atoms with Gasteiger partial charge in [0, 0.05) is 5.56 Å². The second-order valence-corrected chi connectivity index (χ2v) is 6.07. The number of rotatable bonds is 8. The van der Waals surface area contributed by atoms with Crippen LogP contribution in [0.5, 0.6) is 5.75 Å². The van der Waals surface area contributed by atoms with Gasteiger partial charge in [-0.3, -0.25) is 9.88 Å². The van der Waals surface area contributed by atoms with E-state index in [-0.39, 0.29) is 47.5 Å². The molecular weight excluding hydrogens is 324 g/mol. The number of aliphatic hydroxyl groups is 1. The minimum atomic E-state index is -4.33. The summed E-state index contributed by atoms with van der Waals surface area (Å²) in [6, 6.07) is 4.04. The molecule has 0 bridgehead atoms. The Morgan fingerprint density at radius 3 is 2.50 bits per heavy atom. The fraction of sp³-hybridized carbons (Fsp3) is 0.417. The summed E-state index contributed by atoms with van der Waals surface area (Å²) in [6.07, 6.45) is 0. The first-order chi connectivity index (χ1) is 9.83. The van der Waals surface area contributed by atoms with Crippen LogP contribution in [0.25, 0.3) is 0 Å². The van der Waals surface area contributed by atoms with Gasteiger partial charge in [-0.1, -0.05) is 18.2 Å². The number of carbonyl (C=O) groups excluding carboxylic acids is 1. The van der Waals surface area contributed by atoms with Crippen LogP contribution in [0.15, 0.2) is 24.3 Å². The molecule has 1 rings (SSSR count). The molecule has 3 atom stereocenters. The number of carboxylic acid groups (broad SMARTS) is 1. The van der Waals surface area contributed by atoms with E-state index in [1.165, 1.54) is 31.2 Å². The Labute approximate surface area is 149 Å². The van der Waals surface area contributed by atoms with Crippen LogP contribution in [-0.4, -0.2) is 40.3 Å². The van der Waals surface area contributed by atoms with Gasteiger partial charge in [0.2, 0.25) is 0 Å². The number of aliphatic carboxylic acids is 1. The molecule has 0 saturated heterocycles. The number of phenolic OH excluding ortho intramolecular Hbond substituents is 1. The fourth-order valence-corrected chi connectivity index (χ4v) is 3.18. The van der Waals surface area contributed by atoms with Crippen molar-refractivity contribution in [3.8, 4) is 5.75 Å². The van der Waals surface area contributed by atoms with Gasteiger partial charge in [-0.15, -0.1) is 0 Å². The zero-order valence-electron chi connectivity index (χ0n) is 12.3. The van der Waals surface area contributed by atoms with E-state index in [9.17, 15) is 24.5 Å². The van der Waals surface area contributed by atoms with Gasteiger partial charge in [-0.05, 0) is 13.0 Å². The number of phenols is 1. The van der Waals surface area contributed by atoms with E-state index in [1.54, 1.807) is 0 Å². The molecule has 10 heteroatoms. The van der Waals surface area contributed by atoms with Gasteiger partial charge in [0.05, 0.1) is 25.2 Å². The maximum Gasteiger partial charge on any atom is 1.00 e. The minimum Gasteiger partial charge on any atom is -0.548 e. The first-order valence-electron chi connectivity index (χ1n) is 6.16. The molecule has 1 aromatic rings. The van der Waals surface area contributed by atoms with Crippen LogP contribution in [0, 0.1) is 0 Å². The van der Waals surface area contributed by atoms with Gasteiger partial charge in [-0.2, -0.15) is 0 Å². The Morgan fingerprint density at radius 2 is 2.05 bits per heavy atom. The molecule has 0 saturated carbocycles. The van der Waals surface area contributed by atoms with Gasteiger partial charge in [0.1, 0.15) is 11.5 Å². The molecule has 0 radical (unpaired) electrons. The van der Waals surface area contributed by atoms with E-state index in [4.69, 9.17) is 9.63 Å². The number of aliphatic hydroxyl groups excluding tert-OH is 1. The average molecular weight is 341 g/mol. The Bertz CT molecular complexity index is 542. The number of carbonyl (C=O) groups is 1. The Kier molecular flexibility index (Phi) is 9.45. The summed E-state index contributed by atoms with van der Waals surface area (Å²) in [6.45, 7) is 0.556. The third-order valence-corrected chi connectivity index (χ3v) is 4.41. The number of hydrogen-bond acceptors (Lipinski definition) is 7. The smallest absolute Gasteiger partial charge is 0.548 e. The zero-order chi connectivity index (χ0) is 16.0. The molecule has 0 heterocycles. The van der Waals surface area contributed by atoms with Crippen molar-refractivity contribution in [3.63, 3.8) is 0 Å². The largest absolute Gasteiger partial charge is 1.00 e. The molecule has 0 aliphatic heterocycles.